The lowest BCUT2D eigenvalue weighted by molar-refractivity contribution is -0.141. The van der Waals surface area contributed by atoms with E-state index in [-0.39, 0.29) is 11.3 Å². The molecule has 0 saturated carbocycles. The summed E-state index contributed by atoms with van der Waals surface area (Å²) in [5, 5.41) is 3.09. The summed E-state index contributed by atoms with van der Waals surface area (Å²) in [5.41, 5.74) is -1.52. The molecule has 1 aromatic rings. The van der Waals surface area contributed by atoms with Gasteiger partial charge in [0, 0.05) is 6.42 Å². The Balaban J connectivity index is 3.20. The third-order valence-corrected chi connectivity index (χ3v) is 5.40. The summed E-state index contributed by atoms with van der Waals surface area (Å²) in [6.07, 6.45) is -8.22. The van der Waals surface area contributed by atoms with Crippen LogP contribution in [-0.2, 0) is 20.9 Å². The smallest absolute Gasteiger partial charge is 0.399 e. The number of aromatic nitrogens is 1. The van der Waals surface area contributed by atoms with Crippen molar-refractivity contribution in [2.75, 3.05) is 12.9 Å². The van der Waals surface area contributed by atoms with E-state index in [0.717, 1.165) is 7.11 Å². The summed E-state index contributed by atoms with van der Waals surface area (Å²) in [6, 6.07) is 0. The van der Waals surface area contributed by atoms with Crippen molar-refractivity contribution in [1.82, 2.24) is 4.98 Å². The molecule has 0 fully saturated rings. The van der Waals surface area contributed by atoms with Crippen LogP contribution in [0.2, 0.25) is 0 Å². The van der Waals surface area contributed by atoms with Crippen LogP contribution < -0.4 is 0 Å². The average Bonchev–Trinajstić information content (AvgIpc) is 2.87. The number of nitrogens with zero attached hydrogens (tertiary/aromatic N) is 2. The largest absolute Gasteiger partial charge is 0.434 e. The minimum absolute atomic E-state index is 0.119. The fourth-order valence-corrected chi connectivity index (χ4v) is 3.80. The van der Waals surface area contributed by atoms with E-state index in [2.05, 4.69) is 15.0 Å². The van der Waals surface area contributed by atoms with Gasteiger partial charge < -0.3 is 4.84 Å². The number of thiazole rings is 1. The molecule has 0 spiro atoms. The van der Waals surface area contributed by atoms with Crippen LogP contribution >= 0.6 is 11.3 Å². The molecule has 1 aromatic heterocycles. The van der Waals surface area contributed by atoms with Crippen LogP contribution in [-0.4, -0.2) is 32.5 Å². The van der Waals surface area contributed by atoms with Crippen molar-refractivity contribution < 1.29 is 39.6 Å². The van der Waals surface area contributed by atoms with E-state index in [0.29, 0.717) is 6.21 Å². The molecule has 0 amide bonds. The van der Waals surface area contributed by atoms with Gasteiger partial charge >= 0.3 is 12.3 Å². The molecule has 23 heavy (non-hydrogen) atoms. The zero-order chi connectivity index (χ0) is 17.8. The fourth-order valence-electron chi connectivity index (χ4n) is 1.24. The van der Waals surface area contributed by atoms with Gasteiger partial charge in [0.2, 0.25) is 14.2 Å². The van der Waals surface area contributed by atoms with Gasteiger partial charge in [-0.15, -0.1) is 11.3 Å². The molecule has 0 aliphatic carbocycles. The Bertz CT molecular complexity index is 719. The molecule has 0 saturated heterocycles. The molecule has 0 aliphatic rings. The van der Waals surface area contributed by atoms with Crippen molar-refractivity contribution in [3.63, 3.8) is 0 Å². The predicted molar refractivity (Wildman–Crippen MR) is 68.7 cm³/mol. The van der Waals surface area contributed by atoms with E-state index in [1.54, 1.807) is 0 Å². The first kappa shape index (κ1) is 19.4. The number of rotatable bonds is 6. The number of allylic oxidation sites excluding steroid dienone is 1. The molecule has 5 nitrogen and oxygen atoms in total. The number of oxime groups is 1. The summed E-state index contributed by atoms with van der Waals surface area (Å²) in [7, 11) is -3.42. The van der Waals surface area contributed by atoms with Gasteiger partial charge in [0.25, 0.3) is 0 Å². The first-order valence-corrected chi connectivity index (χ1v) is 8.03. The van der Waals surface area contributed by atoms with Gasteiger partial charge in [-0.1, -0.05) is 5.16 Å². The van der Waals surface area contributed by atoms with E-state index in [1.807, 2.05) is 0 Å². The molecule has 1 heterocycles. The highest BCUT2D eigenvalue weighted by Crippen LogP contribution is 2.35. The number of sulfone groups is 1. The SMILES string of the molecule is CON=Cc1sc(S(=O)(=O)CCC(F)=C(F)F)nc1C(F)(F)F. The van der Waals surface area contributed by atoms with E-state index in [4.69, 9.17) is 0 Å². The van der Waals surface area contributed by atoms with Crippen LogP contribution in [0.25, 0.3) is 0 Å². The maximum atomic E-state index is 12.8. The lowest BCUT2D eigenvalue weighted by Gasteiger charge is -2.02. The molecular formula is C10H8F6N2O3S2. The number of halogens is 6. The van der Waals surface area contributed by atoms with Crippen LogP contribution in [0, 0.1) is 0 Å². The zero-order valence-corrected chi connectivity index (χ0v) is 12.8. The third-order valence-electron chi connectivity index (χ3n) is 2.24. The van der Waals surface area contributed by atoms with Gasteiger partial charge in [0.15, 0.2) is 11.5 Å². The van der Waals surface area contributed by atoms with E-state index in [9.17, 15) is 34.8 Å². The number of alkyl halides is 3. The lowest BCUT2D eigenvalue weighted by atomic mass is 10.4. The molecule has 130 valence electrons. The second kappa shape index (κ2) is 7.29. The van der Waals surface area contributed by atoms with Gasteiger partial charge in [-0.3, -0.25) is 0 Å². The molecule has 0 aliphatic heterocycles. The summed E-state index contributed by atoms with van der Waals surface area (Å²) in [5.74, 6) is -3.11. The predicted octanol–water partition coefficient (Wildman–Crippen LogP) is 3.38. The van der Waals surface area contributed by atoms with Gasteiger partial charge in [0.1, 0.15) is 7.11 Å². The summed E-state index contributed by atoms with van der Waals surface area (Å²) < 4.78 is 97.4. The Hall–Kier alpha value is -1.63. The Morgan fingerprint density at radius 1 is 1.35 bits per heavy atom. The van der Waals surface area contributed by atoms with Crippen molar-refractivity contribution in [2.45, 2.75) is 16.9 Å². The van der Waals surface area contributed by atoms with Crippen LogP contribution in [0.4, 0.5) is 26.3 Å². The van der Waals surface area contributed by atoms with Crippen LogP contribution in [0.3, 0.4) is 0 Å². The summed E-state index contributed by atoms with van der Waals surface area (Å²) >= 11 is 0.119. The molecular weight excluding hydrogens is 374 g/mol. The number of hydrogen-bond donors (Lipinski definition) is 0. The molecule has 0 aromatic carbocycles. The normalized spacial score (nSPS) is 12.7. The van der Waals surface area contributed by atoms with Gasteiger partial charge in [0.05, 0.1) is 16.8 Å². The zero-order valence-electron chi connectivity index (χ0n) is 11.2. The summed E-state index contributed by atoms with van der Waals surface area (Å²) in [4.78, 5) is 6.52. The van der Waals surface area contributed by atoms with Crippen LogP contribution in [0.5, 0.6) is 0 Å². The molecule has 0 bridgehead atoms. The van der Waals surface area contributed by atoms with Crippen LogP contribution in [0.1, 0.15) is 17.0 Å². The van der Waals surface area contributed by atoms with Crippen molar-refractivity contribution >= 4 is 27.4 Å². The molecule has 13 heteroatoms. The second-order valence-electron chi connectivity index (χ2n) is 3.84. The Labute approximate surface area is 130 Å². The standard InChI is InChI=1S/C10H8F6N2O3S2/c1-21-17-4-6-7(10(14,15)16)18-9(22-6)23(19,20)3-2-5(11)8(12)13/h4H,2-3H2,1H3. The quantitative estimate of drug-likeness (QED) is 0.430. The Kier molecular flexibility index (Phi) is 6.16. The van der Waals surface area contributed by atoms with E-state index < -0.39 is 55.0 Å². The maximum Gasteiger partial charge on any atom is 0.434 e. The minimum Gasteiger partial charge on any atom is -0.399 e. The molecule has 0 unspecified atom stereocenters. The van der Waals surface area contributed by atoms with Crippen molar-refractivity contribution in [1.29, 1.82) is 0 Å². The van der Waals surface area contributed by atoms with Gasteiger partial charge in [-0.05, 0) is 0 Å². The van der Waals surface area contributed by atoms with E-state index >= 15 is 0 Å². The highest BCUT2D eigenvalue weighted by molar-refractivity contribution is 7.93. The fraction of sp³-hybridized carbons (Fsp3) is 0.400. The highest BCUT2D eigenvalue weighted by atomic mass is 32.2. The van der Waals surface area contributed by atoms with E-state index in [1.165, 1.54) is 0 Å². The van der Waals surface area contributed by atoms with Gasteiger partial charge in [-0.25, -0.2) is 17.8 Å². The highest BCUT2D eigenvalue weighted by Gasteiger charge is 2.39. The van der Waals surface area contributed by atoms with Crippen LogP contribution in [0.15, 0.2) is 21.4 Å². The Morgan fingerprint density at radius 2 is 1.96 bits per heavy atom. The van der Waals surface area contributed by atoms with Gasteiger partial charge in [-0.2, -0.15) is 22.0 Å². The van der Waals surface area contributed by atoms with Crippen molar-refractivity contribution in [3.05, 3.63) is 22.5 Å². The topological polar surface area (TPSA) is 68.6 Å². The lowest BCUT2D eigenvalue weighted by Crippen LogP contribution is -2.11. The third kappa shape index (κ3) is 5.20. The second-order valence-corrected chi connectivity index (χ2v) is 7.16. The van der Waals surface area contributed by atoms with Crippen molar-refractivity contribution in [3.8, 4) is 0 Å². The first-order valence-electron chi connectivity index (χ1n) is 5.56. The Morgan fingerprint density at radius 3 is 2.43 bits per heavy atom. The average molecular weight is 382 g/mol. The summed E-state index contributed by atoms with van der Waals surface area (Å²) in [6.45, 7) is 0. The molecule has 0 atom stereocenters. The molecule has 0 N–H and O–H groups in total. The molecule has 1 rings (SSSR count). The minimum atomic E-state index is -4.96. The first-order chi connectivity index (χ1) is 10.5. The molecule has 0 radical (unpaired) electrons. The number of hydrogen-bond acceptors (Lipinski definition) is 6. The maximum absolute atomic E-state index is 12.8. The monoisotopic (exact) mass is 382 g/mol. The van der Waals surface area contributed by atoms with Crippen molar-refractivity contribution in [2.24, 2.45) is 5.16 Å².